The molecule has 0 bridgehead atoms. The standard InChI is InChI=1S/C23H31N3O5S2/c1-5-24(6-2)23(27)20-9-11-21(12-10-20)32(28,29)25-13-15-26(16-14-25)33(30,31)22-17-18(3)7-8-19(22)4/h7-12,17H,5-6,13-16H2,1-4H3. The lowest BCUT2D eigenvalue weighted by atomic mass is 10.2. The Kier molecular flexibility index (Phi) is 7.62. The maximum atomic E-state index is 13.1. The van der Waals surface area contributed by atoms with Crippen molar-refractivity contribution < 1.29 is 21.6 Å². The summed E-state index contributed by atoms with van der Waals surface area (Å²) >= 11 is 0. The van der Waals surface area contributed by atoms with Gasteiger partial charge in [-0.2, -0.15) is 8.61 Å². The Balaban J connectivity index is 1.73. The van der Waals surface area contributed by atoms with Crippen LogP contribution in [0.2, 0.25) is 0 Å². The highest BCUT2D eigenvalue weighted by molar-refractivity contribution is 7.89. The van der Waals surface area contributed by atoms with E-state index in [2.05, 4.69) is 0 Å². The average molecular weight is 494 g/mol. The summed E-state index contributed by atoms with van der Waals surface area (Å²) in [7, 11) is -7.50. The van der Waals surface area contributed by atoms with Gasteiger partial charge in [0.15, 0.2) is 0 Å². The third-order valence-corrected chi connectivity index (χ3v) is 9.90. The van der Waals surface area contributed by atoms with Crippen LogP contribution >= 0.6 is 0 Å². The van der Waals surface area contributed by atoms with Crippen molar-refractivity contribution in [2.24, 2.45) is 0 Å². The van der Waals surface area contributed by atoms with Crippen LogP contribution in [0.4, 0.5) is 0 Å². The monoisotopic (exact) mass is 493 g/mol. The second kappa shape index (κ2) is 9.92. The molecule has 1 heterocycles. The molecule has 1 amide bonds. The second-order valence-corrected chi connectivity index (χ2v) is 11.9. The Morgan fingerprint density at radius 2 is 1.33 bits per heavy atom. The summed E-state index contributed by atoms with van der Waals surface area (Å²) < 4.78 is 55.1. The molecule has 0 radical (unpaired) electrons. The number of carbonyl (C=O) groups is 1. The first-order valence-corrected chi connectivity index (χ1v) is 13.9. The molecule has 0 atom stereocenters. The number of hydrogen-bond acceptors (Lipinski definition) is 5. The fraction of sp³-hybridized carbons (Fsp3) is 0.435. The van der Waals surface area contributed by atoms with Gasteiger partial charge < -0.3 is 4.90 Å². The Morgan fingerprint density at radius 3 is 1.85 bits per heavy atom. The fourth-order valence-corrected chi connectivity index (χ4v) is 7.04. The van der Waals surface area contributed by atoms with Gasteiger partial charge in [0, 0.05) is 44.8 Å². The second-order valence-electron chi connectivity index (χ2n) is 8.08. The van der Waals surface area contributed by atoms with Gasteiger partial charge in [-0.25, -0.2) is 16.8 Å². The number of rotatable bonds is 7. The Hall–Kier alpha value is -2.27. The van der Waals surface area contributed by atoms with Crippen LogP contribution in [0, 0.1) is 13.8 Å². The molecule has 1 aliphatic heterocycles. The molecule has 1 aliphatic rings. The van der Waals surface area contributed by atoms with E-state index in [4.69, 9.17) is 0 Å². The van der Waals surface area contributed by atoms with Crippen molar-refractivity contribution in [3.05, 3.63) is 59.2 Å². The van der Waals surface area contributed by atoms with Gasteiger partial charge >= 0.3 is 0 Å². The number of amides is 1. The normalized spacial score (nSPS) is 16.0. The molecule has 0 N–H and O–H groups in total. The minimum absolute atomic E-state index is 0.0621. The summed E-state index contributed by atoms with van der Waals surface area (Å²) in [6, 6.07) is 11.2. The first-order chi connectivity index (χ1) is 15.5. The first kappa shape index (κ1) is 25.4. The number of nitrogens with zero attached hydrogens (tertiary/aromatic N) is 3. The summed E-state index contributed by atoms with van der Waals surface area (Å²) in [6.07, 6.45) is 0. The molecule has 2 aromatic carbocycles. The van der Waals surface area contributed by atoms with E-state index < -0.39 is 20.0 Å². The van der Waals surface area contributed by atoms with Gasteiger partial charge in [-0.1, -0.05) is 12.1 Å². The maximum Gasteiger partial charge on any atom is 0.253 e. The summed E-state index contributed by atoms with van der Waals surface area (Å²) in [5, 5.41) is 0. The average Bonchev–Trinajstić information content (AvgIpc) is 2.81. The van der Waals surface area contributed by atoms with Gasteiger partial charge in [-0.3, -0.25) is 4.79 Å². The lowest BCUT2D eigenvalue weighted by Gasteiger charge is -2.33. The summed E-state index contributed by atoms with van der Waals surface area (Å²) in [5.41, 5.74) is 1.94. The van der Waals surface area contributed by atoms with Crippen molar-refractivity contribution in [1.29, 1.82) is 0 Å². The van der Waals surface area contributed by atoms with Crippen molar-refractivity contribution in [3.8, 4) is 0 Å². The van der Waals surface area contributed by atoms with Crippen LogP contribution in [-0.2, 0) is 20.0 Å². The molecule has 10 heteroatoms. The molecular formula is C23H31N3O5S2. The zero-order valence-electron chi connectivity index (χ0n) is 19.5. The molecular weight excluding hydrogens is 462 g/mol. The van der Waals surface area contributed by atoms with Gasteiger partial charge in [0.2, 0.25) is 20.0 Å². The lowest BCUT2D eigenvalue weighted by molar-refractivity contribution is 0.0773. The summed E-state index contributed by atoms with van der Waals surface area (Å²) in [6.45, 7) is 8.79. The van der Waals surface area contributed by atoms with Gasteiger partial charge in [0.25, 0.3) is 5.91 Å². The predicted octanol–water partition coefficient (Wildman–Crippen LogP) is 2.48. The van der Waals surface area contributed by atoms with E-state index in [-0.39, 0.29) is 41.9 Å². The summed E-state index contributed by atoms with van der Waals surface area (Å²) in [4.78, 5) is 14.5. The van der Waals surface area contributed by atoms with E-state index >= 15 is 0 Å². The first-order valence-electron chi connectivity index (χ1n) is 11.0. The maximum absolute atomic E-state index is 13.1. The Bertz CT molecular complexity index is 1210. The van der Waals surface area contributed by atoms with Crippen molar-refractivity contribution in [2.75, 3.05) is 39.3 Å². The van der Waals surface area contributed by atoms with E-state index in [1.54, 1.807) is 24.0 Å². The van der Waals surface area contributed by atoms with Crippen LogP contribution in [0.5, 0.6) is 0 Å². The molecule has 2 aromatic rings. The van der Waals surface area contributed by atoms with E-state index in [0.29, 0.717) is 24.2 Å². The number of sulfonamides is 2. The minimum Gasteiger partial charge on any atom is -0.339 e. The van der Waals surface area contributed by atoms with E-state index in [1.807, 2.05) is 26.8 Å². The SMILES string of the molecule is CCN(CC)C(=O)c1ccc(S(=O)(=O)N2CCN(S(=O)(=O)c3cc(C)ccc3C)CC2)cc1. The minimum atomic E-state index is -3.80. The lowest BCUT2D eigenvalue weighted by Crippen LogP contribution is -2.50. The smallest absolute Gasteiger partial charge is 0.253 e. The number of piperazine rings is 1. The highest BCUT2D eigenvalue weighted by atomic mass is 32.2. The van der Waals surface area contributed by atoms with E-state index in [0.717, 1.165) is 5.56 Å². The molecule has 0 unspecified atom stereocenters. The number of carbonyl (C=O) groups excluding carboxylic acids is 1. The van der Waals surface area contributed by atoms with E-state index in [1.165, 1.54) is 32.9 Å². The van der Waals surface area contributed by atoms with Gasteiger partial charge in [-0.05, 0) is 69.2 Å². The number of hydrogen-bond donors (Lipinski definition) is 0. The van der Waals surface area contributed by atoms with Crippen molar-refractivity contribution >= 4 is 26.0 Å². The summed E-state index contributed by atoms with van der Waals surface area (Å²) in [5.74, 6) is -0.144. The molecule has 33 heavy (non-hydrogen) atoms. The molecule has 0 aliphatic carbocycles. The molecule has 1 saturated heterocycles. The molecule has 0 spiro atoms. The molecule has 3 rings (SSSR count). The highest BCUT2D eigenvalue weighted by Crippen LogP contribution is 2.25. The topological polar surface area (TPSA) is 95.1 Å². The van der Waals surface area contributed by atoms with Gasteiger partial charge in [0.1, 0.15) is 0 Å². The fourth-order valence-electron chi connectivity index (χ4n) is 3.89. The van der Waals surface area contributed by atoms with E-state index in [9.17, 15) is 21.6 Å². The molecule has 0 aromatic heterocycles. The zero-order chi connectivity index (χ0) is 24.4. The van der Waals surface area contributed by atoms with Crippen LogP contribution in [0.25, 0.3) is 0 Å². The molecule has 8 nitrogen and oxygen atoms in total. The van der Waals surface area contributed by atoms with Crippen LogP contribution in [-0.4, -0.2) is 75.5 Å². The Labute approximate surface area is 196 Å². The van der Waals surface area contributed by atoms with Crippen LogP contribution in [0.1, 0.15) is 35.3 Å². The van der Waals surface area contributed by atoms with Crippen molar-refractivity contribution in [3.63, 3.8) is 0 Å². The zero-order valence-corrected chi connectivity index (χ0v) is 21.1. The van der Waals surface area contributed by atoms with Crippen molar-refractivity contribution in [1.82, 2.24) is 13.5 Å². The third-order valence-electron chi connectivity index (χ3n) is 5.95. The largest absolute Gasteiger partial charge is 0.339 e. The quantitative estimate of drug-likeness (QED) is 0.591. The van der Waals surface area contributed by atoms with Crippen LogP contribution in [0.3, 0.4) is 0 Å². The number of aryl methyl sites for hydroxylation is 2. The third kappa shape index (κ3) is 5.13. The van der Waals surface area contributed by atoms with Crippen LogP contribution < -0.4 is 0 Å². The Morgan fingerprint density at radius 1 is 0.818 bits per heavy atom. The van der Waals surface area contributed by atoms with Crippen molar-refractivity contribution in [2.45, 2.75) is 37.5 Å². The van der Waals surface area contributed by atoms with Gasteiger partial charge in [0.05, 0.1) is 9.79 Å². The molecule has 0 saturated carbocycles. The predicted molar refractivity (Wildman–Crippen MR) is 127 cm³/mol. The molecule has 180 valence electrons. The van der Waals surface area contributed by atoms with Crippen LogP contribution in [0.15, 0.2) is 52.3 Å². The highest BCUT2D eigenvalue weighted by Gasteiger charge is 2.34. The number of benzene rings is 2. The molecule has 1 fully saturated rings. The van der Waals surface area contributed by atoms with Gasteiger partial charge in [-0.15, -0.1) is 0 Å².